The lowest BCUT2D eigenvalue weighted by molar-refractivity contribution is 0.477. The van der Waals surface area contributed by atoms with Crippen LogP contribution in [-0.4, -0.2) is 15.1 Å². The van der Waals surface area contributed by atoms with E-state index in [9.17, 15) is 10.0 Å². The largest absolute Gasteiger partial charge is 0.505 e. The number of benzene rings is 1. The Balaban J connectivity index is 2.18. The molecule has 0 unspecified atom stereocenters. The Hall–Kier alpha value is -2.50. The van der Waals surface area contributed by atoms with Crippen LogP contribution in [0.2, 0.25) is 0 Å². The molecule has 0 bridgehead atoms. The van der Waals surface area contributed by atoms with E-state index in [0.29, 0.717) is 18.7 Å². The van der Waals surface area contributed by atoms with Gasteiger partial charge in [-0.05, 0) is 29.3 Å². The Morgan fingerprint density at radius 2 is 1.94 bits per heavy atom. The van der Waals surface area contributed by atoms with Crippen molar-refractivity contribution in [2.75, 3.05) is 5.73 Å². The molecular weight excluding hydrogens is 232 g/mol. The van der Waals surface area contributed by atoms with Gasteiger partial charge in [-0.3, -0.25) is 0 Å². The molecule has 0 aliphatic carbocycles. The number of aromatic nitrogens is 2. The lowest BCUT2D eigenvalue weighted by Gasteiger charge is -2.07. The van der Waals surface area contributed by atoms with Gasteiger partial charge in [0.05, 0.1) is 5.69 Å². The van der Waals surface area contributed by atoms with E-state index in [2.05, 4.69) is 15.1 Å². The topological polar surface area (TPSA) is 101 Å². The van der Waals surface area contributed by atoms with Crippen LogP contribution < -0.4 is 5.73 Å². The lowest BCUT2D eigenvalue weighted by atomic mass is 10.1. The van der Waals surface area contributed by atoms with Crippen molar-refractivity contribution in [3.63, 3.8) is 0 Å². The Kier molecular flexibility index (Phi) is 3.47. The van der Waals surface area contributed by atoms with Crippen molar-refractivity contribution in [2.45, 2.75) is 12.8 Å². The summed E-state index contributed by atoms with van der Waals surface area (Å²) in [4.78, 5) is 18.8. The Morgan fingerprint density at radius 1 is 1.22 bits per heavy atom. The molecule has 1 aromatic heterocycles. The SMILES string of the molecule is Nc1c(CCc2ncccn2)ccc(O)c1N=O. The van der Waals surface area contributed by atoms with E-state index >= 15 is 0 Å². The highest BCUT2D eigenvalue weighted by Gasteiger charge is 2.11. The molecule has 0 saturated heterocycles. The molecule has 0 fully saturated rings. The maximum absolute atomic E-state index is 10.6. The summed E-state index contributed by atoms with van der Waals surface area (Å²) in [5.41, 5.74) is 6.61. The van der Waals surface area contributed by atoms with Crippen LogP contribution in [0.4, 0.5) is 11.4 Å². The molecule has 1 heterocycles. The summed E-state index contributed by atoms with van der Waals surface area (Å²) >= 11 is 0. The average molecular weight is 244 g/mol. The first-order valence-electron chi connectivity index (χ1n) is 5.42. The fourth-order valence-corrected chi connectivity index (χ4v) is 1.66. The molecule has 1 aromatic carbocycles. The van der Waals surface area contributed by atoms with Crippen LogP contribution in [-0.2, 0) is 12.8 Å². The number of nitrogen functional groups attached to an aromatic ring is 1. The third kappa shape index (κ3) is 2.42. The Bertz CT molecular complexity index is 558. The van der Waals surface area contributed by atoms with Crippen LogP contribution in [0.25, 0.3) is 0 Å². The molecule has 3 N–H and O–H groups in total. The number of rotatable bonds is 4. The molecule has 0 aliphatic heterocycles. The molecule has 0 radical (unpaired) electrons. The number of anilines is 1. The van der Waals surface area contributed by atoms with Crippen molar-refractivity contribution in [3.8, 4) is 5.75 Å². The summed E-state index contributed by atoms with van der Waals surface area (Å²) in [6.45, 7) is 0. The van der Waals surface area contributed by atoms with Crippen LogP contribution in [0.15, 0.2) is 35.8 Å². The second kappa shape index (κ2) is 5.22. The van der Waals surface area contributed by atoms with Gasteiger partial charge in [-0.2, -0.15) is 0 Å². The first kappa shape index (κ1) is 12.0. The van der Waals surface area contributed by atoms with Crippen LogP contribution in [0, 0.1) is 4.91 Å². The van der Waals surface area contributed by atoms with Gasteiger partial charge in [0, 0.05) is 18.8 Å². The van der Waals surface area contributed by atoms with Crippen LogP contribution >= 0.6 is 0 Å². The van der Waals surface area contributed by atoms with E-state index < -0.39 is 0 Å². The molecular formula is C12H12N4O2. The third-order valence-corrected chi connectivity index (χ3v) is 2.61. The summed E-state index contributed by atoms with van der Waals surface area (Å²) in [6.07, 6.45) is 4.52. The van der Waals surface area contributed by atoms with Crippen molar-refractivity contribution in [1.82, 2.24) is 9.97 Å². The van der Waals surface area contributed by atoms with Crippen molar-refractivity contribution < 1.29 is 5.11 Å². The summed E-state index contributed by atoms with van der Waals surface area (Å²) in [5, 5.41) is 12.1. The molecule has 0 atom stereocenters. The minimum Gasteiger partial charge on any atom is -0.505 e. The first-order chi connectivity index (χ1) is 8.72. The minimum atomic E-state index is -0.206. The number of nitrogens with two attached hydrogens (primary N) is 1. The van der Waals surface area contributed by atoms with Crippen molar-refractivity contribution in [3.05, 3.63) is 46.9 Å². The number of nitroso groups, excluding NO2 is 1. The normalized spacial score (nSPS) is 10.2. The number of aromatic hydroxyl groups is 1. The highest BCUT2D eigenvalue weighted by molar-refractivity contribution is 5.73. The highest BCUT2D eigenvalue weighted by Crippen LogP contribution is 2.35. The second-order valence-corrected chi connectivity index (χ2v) is 3.76. The van der Waals surface area contributed by atoms with Gasteiger partial charge < -0.3 is 10.8 Å². The fraction of sp³-hybridized carbons (Fsp3) is 0.167. The maximum Gasteiger partial charge on any atom is 0.172 e. The number of hydrogen-bond acceptors (Lipinski definition) is 6. The first-order valence-corrected chi connectivity index (χ1v) is 5.42. The predicted molar refractivity (Wildman–Crippen MR) is 67.4 cm³/mol. The summed E-state index contributed by atoms with van der Waals surface area (Å²) in [7, 11) is 0. The zero-order valence-electron chi connectivity index (χ0n) is 9.58. The fourth-order valence-electron chi connectivity index (χ4n) is 1.66. The van der Waals surface area contributed by atoms with E-state index in [-0.39, 0.29) is 17.1 Å². The lowest BCUT2D eigenvalue weighted by Crippen LogP contribution is -2.00. The number of aryl methyl sites for hydroxylation is 2. The van der Waals surface area contributed by atoms with E-state index in [0.717, 1.165) is 5.56 Å². The van der Waals surface area contributed by atoms with Gasteiger partial charge in [0.15, 0.2) is 5.69 Å². The van der Waals surface area contributed by atoms with Gasteiger partial charge in [0.25, 0.3) is 0 Å². The van der Waals surface area contributed by atoms with E-state index in [1.54, 1.807) is 24.5 Å². The third-order valence-electron chi connectivity index (χ3n) is 2.61. The van der Waals surface area contributed by atoms with Crippen LogP contribution in [0.1, 0.15) is 11.4 Å². The Morgan fingerprint density at radius 3 is 2.61 bits per heavy atom. The molecule has 6 heteroatoms. The van der Waals surface area contributed by atoms with E-state index in [1.807, 2.05) is 0 Å². The number of nitrogens with zero attached hydrogens (tertiary/aromatic N) is 3. The molecule has 2 aromatic rings. The van der Waals surface area contributed by atoms with E-state index in [1.165, 1.54) is 6.07 Å². The van der Waals surface area contributed by atoms with Gasteiger partial charge in [-0.15, -0.1) is 4.91 Å². The monoisotopic (exact) mass is 244 g/mol. The Labute approximate surface area is 103 Å². The average Bonchev–Trinajstić information content (AvgIpc) is 2.40. The van der Waals surface area contributed by atoms with E-state index in [4.69, 9.17) is 5.73 Å². The molecule has 0 saturated carbocycles. The zero-order chi connectivity index (χ0) is 13.0. The summed E-state index contributed by atoms with van der Waals surface area (Å²) in [6, 6.07) is 4.82. The quantitative estimate of drug-likeness (QED) is 0.632. The standard InChI is InChI=1S/C12H12N4O2/c13-11-8(2-4-9(17)12(11)16-18)3-5-10-14-6-1-7-15-10/h1-2,4,6-7,17H,3,5,13H2. The number of hydrogen-bond donors (Lipinski definition) is 2. The van der Waals surface area contributed by atoms with Crippen molar-refractivity contribution in [1.29, 1.82) is 0 Å². The smallest absolute Gasteiger partial charge is 0.172 e. The number of phenols is 1. The molecule has 0 aliphatic rings. The number of phenolic OH excluding ortho intramolecular Hbond substituents is 1. The predicted octanol–water partition coefficient (Wildman–Crippen LogP) is 1.95. The highest BCUT2D eigenvalue weighted by atomic mass is 16.3. The second-order valence-electron chi connectivity index (χ2n) is 3.76. The van der Waals surface area contributed by atoms with Crippen LogP contribution in [0.5, 0.6) is 5.75 Å². The summed E-state index contributed by atoms with van der Waals surface area (Å²) in [5.74, 6) is 0.493. The summed E-state index contributed by atoms with van der Waals surface area (Å²) < 4.78 is 0. The van der Waals surface area contributed by atoms with Gasteiger partial charge in [-0.1, -0.05) is 6.07 Å². The zero-order valence-corrected chi connectivity index (χ0v) is 9.58. The molecule has 0 amide bonds. The minimum absolute atomic E-state index is 0.110. The molecule has 92 valence electrons. The van der Waals surface area contributed by atoms with Gasteiger partial charge in [0.1, 0.15) is 11.6 Å². The van der Waals surface area contributed by atoms with Crippen molar-refractivity contribution >= 4 is 11.4 Å². The molecule has 2 rings (SSSR count). The van der Waals surface area contributed by atoms with Gasteiger partial charge in [0.2, 0.25) is 0 Å². The van der Waals surface area contributed by atoms with Crippen molar-refractivity contribution in [2.24, 2.45) is 5.18 Å². The maximum atomic E-state index is 10.6. The molecule has 0 spiro atoms. The van der Waals surface area contributed by atoms with Crippen LogP contribution in [0.3, 0.4) is 0 Å². The molecule has 6 nitrogen and oxygen atoms in total. The van der Waals surface area contributed by atoms with Gasteiger partial charge >= 0.3 is 0 Å². The molecule has 18 heavy (non-hydrogen) atoms. The van der Waals surface area contributed by atoms with Gasteiger partial charge in [-0.25, -0.2) is 9.97 Å².